The van der Waals surface area contributed by atoms with E-state index < -0.39 is 18.5 Å². The molecule has 0 aliphatic heterocycles. The Balaban J connectivity index is 2.34. The minimum Gasteiger partial charge on any atom is -0.452 e. The number of allylic oxidation sites excluding steroid dienone is 1. The molecule has 1 rings (SSSR count). The van der Waals surface area contributed by atoms with E-state index >= 15 is 0 Å². The number of nitrogens with one attached hydrogen (secondary N) is 2. The molecule has 0 aliphatic carbocycles. The maximum atomic E-state index is 11.8. The van der Waals surface area contributed by atoms with Crippen LogP contribution in [0.4, 0.5) is 5.69 Å². The first kappa shape index (κ1) is 18.9. The Hall–Kier alpha value is -2.15. The second-order valence-electron chi connectivity index (χ2n) is 4.70. The first-order valence-electron chi connectivity index (χ1n) is 7.08. The molecule has 0 aromatic heterocycles. The number of carbonyl (C=O) groups is 3. The predicted octanol–water partition coefficient (Wildman–Crippen LogP) is 2.32. The largest absolute Gasteiger partial charge is 0.452 e. The number of rotatable bonds is 7. The molecule has 0 atom stereocenters. The zero-order valence-electron chi connectivity index (χ0n) is 13.0. The Morgan fingerprint density at radius 3 is 2.65 bits per heavy atom. The van der Waals surface area contributed by atoms with Crippen LogP contribution in [-0.4, -0.2) is 30.9 Å². The first-order valence-corrected chi connectivity index (χ1v) is 7.87. The van der Waals surface area contributed by atoms with Gasteiger partial charge in [-0.1, -0.05) is 28.9 Å². The van der Waals surface area contributed by atoms with Gasteiger partial charge in [-0.05, 0) is 37.1 Å². The van der Waals surface area contributed by atoms with Crippen LogP contribution in [0.15, 0.2) is 34.8 Å². The van der Waals surface area contributed by atoms with Crippen molar-refractivity contribution in [2.45, 2.75) is 20.3 Å². The number of aryl methyl sites for hydroxylation is 1. The molecule has 2 amide bonds. The molecule has 0 unspecified atom stereocenters. The minimum absolute atomic E-state index is 0.198. The average molecular weight is 383 g/mol. The standard InChI is InChI=1S/C16H19BrN2O4/c1-3-4-5-16(22)23-10-15(21)18-9-14(20)19-13-7-6-12(17)8-11(13)2/h4-8H,3,9-10H2,1-2H3,(H,18,21)(H,19,20)/b5-4+. The van der Waals surface area contributed by atoms with Gasteiger partial charge in [0.25, 0.3) is 5.91 Å². The second-order valence-corrected chi connectivity index (χ2v) is 5.62. The molecule has 6 nitrogen and oxygen atoms in total. The van der Waals surface area contributed by atoms with Crippen molar-refractivity contribution < 1.29 is 19.1 Å². The smallest absolute Gasteiger partial charge is 0.330 e. The summed E-state index contributed by atoms with van der Waals surface area (Å²) in [6.45, 7) is 3.12. The number of benzene rings is 1. The zero-order valence-corrected chi connectivity index (χ0v) is 14.6. The number of esters is 1. The summed E-state index contributed by atoms with van der Waals surface area (Å²) >= 11 is 3.34. The molecule has 124 valence electrons. The van der Waals surface area contributed by atoms with Gasteiger partial charge in [-0.15, -0.1) is 0 Å². The quantitative estimate of drug-likeness (QED) is 0.559. The molecule has 0 bridgehead atoms. The van der Waals surface area contributed by atoms with Crippen LogP contribution in [0.3, 0.4) is 0 Å². The summed E-state index contributed by atoms with van der Waals surface area (Å²) in [6.07, 6.45) is 3.60. The van der Waals surface area contributed by atoms with E-state index in [0.29, 0.717) is 12.1 Å². The fraction of sp³-hybridized carbons (Fsp3) is 0.312. The Morgan fingerprint density at radius 1 is 1.26 bits per heavy atom. The summed E-state index contributed by atoms with van der Waals surface area (Å²) in [5.74, 6) is -1.48. The molecule has 1 aromatic rings. The van der Waals surface area contributed by atoms with Gasteiger partial charge in [0, 0.05) is 16.2 Å². The lowest BCUT2D eigenvalue weighted by Crippen LogP contribution is -2.35. The zero-order chi connectivity index (χ0) is 17.2. The van der Waals surface area contributed by atoms with E-state index in [1.165, 1.54) is 6.08 Å². The van der Waals surface area contributed by atoms with Crippen molar-refractivity contribution in [3.05, 3.63) is 40.4 Å². The second kappa shape index (κ2) is 9.78. The summed E-state index contributed by atoms with van der Waals surface area (Å²) in [4.78, 5) is 34.4. The maximum Gasteiger partial charge on any atom is 0.330 e. The van der Waals surface area contributed by atoms with Crippen molar-refractivity contribution in [2.75, 3.05) is 18.5 Å². The van der Waals surface area contributed by atoms with Gasteiger partial charge in [-0.25, -0.2) is 4.79 Å². The molecule has 1 aromatic carbocycles. The molecular formula is C16H19BrN2O4. The summed E-state index contributed by atoms with van der Waals surface area (Å²) < 4.78 is 5.63. The Bertz CT molecular complexity index is 614. The lowest BCUT2D eigenvalue weighted by atomic mass is 10.2. The predicted molar refractivity (Wildman–Crippen MR) is 90.9 cm³/mol. The molecule has 0 aliphatic rings. The monoisotopic (exact) mass is 382 g/mol. The van der Waals surface area contributed by atoms with Crippen LogP contribution in [0.2, 0.25) is 0 Å². The summed E-state index contributed by atoms with van der Waals surface area (Å²) in [5.41, 5.74) is 1.57. The highest BCUT2D eigenvalue weighted by Gasteiger charge is 2.09. The van der Waals surface area contributed by atoms with Crippen LogP contribution in [0.5, 0.6) is 0 Å². The third-order valence-electron chi connectivity index (χ3n) is 2.74. The Morgan fingerprint density at radius 2 is 2.00 bits per heavy atom. The van der Waals surface area contributed by atoms with Gasteiger partial charge in [0.05, 0.1) is 6.54 Å². The van der Waals surface area contributed by atoms with E-state index in [0.717, 1.165) is 10.0 Å². The first-order chi connectivity index (χ1) is 10.9. The van der Waals surface area contributed by atoms with Crippen LogP contribution < -0.4 is 10.6 Å². The molecule has 0 heterocycles. The van der Waals surface area contributed by atoms with Crippen molar-refractivity contribution in [2.24, 2.45) is 0 Å². The van der Waals surface area contributed by atoms with Gasteiger partial charge in [-0.3, -0.25) is 9.59 Å². The number of hydrogen-bond donors (Lipinski definition) is 2. The van der Waals surface area contributed by atoms with Crippen LogP contribution in [0.25, 0.3) is 0 Å². The highest BCUT2D eigenvalue weighted by atomic mass is 79.9. The van der Waals surface area contributed by atoms with Crippen LogP contribution in [0, 0.1) is 6.92 Å². The molecule has 0 saturated carbocycles. The molecule has 7 heteroatoms. The van der Waals surface area contributed by atoms with E-state index in [-0.39, 0.29) is 12.5 Å². The molecular weight excluding hydrogens is 364 g/mol. The van der Waals surface area contributed by atoms with E-state index in [1.54, 1.807) is 12.1 Å². The number of hydrogen-bond acceptors (Lipinski definition) is 4. The van der Waals surface area contributed by atoms with Crippen LogP contribution in [0.1, 0.15) is 18.9 Å². The third kappa shape index (κ3) is 7.60. The van der Waals surface area contributed by atoms with E-state index in [4.69, 9.17) is 4.74 Å². The van der Waals surface area contributed by atoms with Gasteiger partial charge < -0.3 is 15.4 Å². The summed E-state index contributed by atoms with van der Waals surface area (Å²) in [5, 5.41) is 5.08. The topological polar surface area (TPSA) is 84.5 Å². The average Bonchev–Trinajstić information content (AvgIpc) is 2.51. The molecule has 0 saturated heterocycles. The molecule has 0 spiro atoms. The maximum absolute atomic E-state index is 11.8. The molecule has 0 fully saturated rings. The number of anilines is 1. The van der Waals surface area contributed by atoms with Crippen molar-refractivity contribution in [1.82, 2.24) is 5.32 Å². The van der Waals surface area contributed by atoms with Crippen molar-refractivity contribution in [3.63, 3.8) is 0 Å². The Labute approximate surface area is 143 Å². The van der Waals surface area contributed by atoms with Crippen molar-refractivity contribution >= 4 is 39.4 Å². The fourth-order valence-corrected chi connectivity index (χ4v) is 2.07. The fourth-order valence-electron chi connectivity index (χ4n) is 1.59. The lowest BCUT2D eigenvalue weighted by Gasteiger charge is -2.09. The van der Waals surface area contributed by atoms with E-state index in [1.807, 2.05) is 26.0 Å². The number of ether oxygens (including phenoxy) is 1. The SMILES string of the molecule is CC/C=C/C(=O)OCC(=O)NCC(=O)Nc1ccc(Br)cc1C. The van der Waals surface area contributed by atoms with Crippen molar-refractivity contribution in [3.8, 4) is 0 Å². The number of carbonyl (C=O) groups excluding carboxylic acids is 3. The van der Waals surface area contributed by atoms with Gasteiger partial charge in [-0.2, -0.15) is 0 Å². The summed E-state index contributed by atoms with van der Waals surface area (Å²) in [6, 6.07) is 5.45. The van der Waals surface area contributed by atoms with Crippen molar-refractivity contribution in [1.29, 1.82) is 0 Å². The van der Waals surface area contributed by atoms with Gasteiger partial charge in [0.1, 0.15) is 0 Å². The third-order valence-corrected chi connectivity index (χ3v) is 3.24. The molecule has 2 N–H and O–H groups in total. The highest BCUT2D eigenvalue weighted by Crippen LogP contribution is 2.19. The van der Waals surface area contributed by atoms with Crippen LogP contribution >= 0.6 is 15.9 Å². The van der Waals surface area contributed by atoms with E-state index in [2.05, 4.69) is 26.6 Å². The number of halogens is 1. The highest BCUT2D eigenvalue weighted by molar-refractivity contribution is 9.10. The lowest BCUT2D eigenvalue weighted by molar-refractivity contribution is -0.143. The van der Waals surface area contributed by atoms with Gasteiger partial charge in [0.2, 0.25) is 5.91 Å². The molecule has 0 radical (unpaired) electrons. The Kier molecular flexibility index (Phi) is 8.04. The minimum atomic E-state index is -0.586. The summed E-state index contributed by atoms with van der Waals surface area (Å²) in [7, 11) is 0. The normalized spacial score (nSPS) is 10.4. The van der Waals surface area contributed by atoms with Crippen LogP contribution in [-0.2, 0) is 19.1 Å². The molecule has 23 heavy (non-hydrogen) atoms. The van der Waals surface area contributed by atoms with Gasteiger partial charge in [0.15, 0.2) is 6.61 Å². The van der Waals surface area contributed by atoms with Gasteiger partial charge >= 0.3 is 5.97 Å². The van der Waals surface area contributed by atoms with E-state index in [9.17, 15) is 14.4 Å². The number of amides is 2.